The van der Waals surface area contributed by atoms with Gasteiger partial charge in [0.2, 0.25) is 0 Å². The van der Waals surface area contributed by atoms with Crippen molar-refractivity contribution < 1.29 is 18.0 Å². The molecule has 6 nitrogen and oxygen atoms in total. The normalized spacial score (nSPS) is 11.5. The number of halogens is 3. The average Bonchev–Trinajstić information content (AvgIpc) is 3.26. The van der Waals surface area contributed by atoms with E-state index < -0.39 is 17.6 Å². The number of aromatic nitrogens is 4. The lowest BCUT2D eigenvalue weighted by molar-refractivity contribution is -0.137. The van der Waals surface area contributed by atoms with Gasteiger partial charge in [0.25, 0.3) is 5.91 Å². The van der Waals surface area contributed by atoms with Crippen LogP contribution >= 0.6 is 0 Å². The second kappa shape index (κ2) is 8.02. The van der Waals surface area contributed by atoms with Crippen LogP contribution in [0.4, 0.5) is 13.2 Å². The summed E-state index contributed by atoms with van der Waals surface area (Å²) in [6.07, 6.45) is 0.693. The summed E-state index contributed by atoms with van der Waals surface area (Å²) in [6, 6.07) is 9.95. The zero-order valence-electron chi connectivity index (χ0n) is 16.1. The molecule has 0 atom stereocenters. The maximum atomic E-state index is 13.2. The van der Waals surface area contributed by atoms with Gasteiger partial charge in [0.15, 0.2) is 0 Å². The monoisotopic (exact) mass is 423 g/mol. The van der Waals surface area contributed by atoms with E-state index in [0.29, 0.717) is 0 Å². The zero-order chi connectivity index (χ0) is 22.0. The number of hydrogen-bond acceptors (Lipinski definition) is 4. The van der Waals surface area contributed by atoms with E-state index in [1.165, 1.54) is 6.33 Å². The summed E-state index contributed by atoms with van der Waals surface area (Å²) < 4.78 is 39.5. The van der Waals surface area contributed by atoms with Gasteiger partial charge in [-0.1, -0.05) is 36.9 Å². The highest BCUT2D eigenvalue weighted by Gasteiger charge is 2.33. The van der Waals surface area contributed by atoms with Gasteiger partial charge in [0.05, 0.1) is 11.3 Å². The lowest BCUT2D eigenvalue weighted by atomic mass is 10.1. The van der Waals surface area contributed by atoms with Gasteiger partial charge < -0.3 is 10.3 Å². The van der Waals surface area contributed by atoms with E-state index in [2.05, 4.69) is 31.8 Å². The van der Waals surface area contributed by atoms with Crippen LogP contribution in [-0.4, -0.2) is 25.8 Å². The Morgan fingerprint density at radius 2 is 1.90 bits per heavy atom. The predicted octanol–water partition coefficient (Wildman–Crippen LogP) is 4.61. The summed E-state index contributed by atoms with van der Waals surface area (Å²) >= 11 is 0. The number of fused-ring (bicyclic) bond motifs is 1. The third-order valence-electron chi connectivity index (χ3n) is 4.73. The lowest BCUT2D eigenvalue weighted by Crippen LogP contribution is -2.24. The minimum Gasteiger partial charge on any atom is -0.347 e. The quantitative estimate of drug-likeness (QED) is 0.491. The molecule has 0 bridgehead atoms. The van der Waals surface area contributed by atoms with Crippen molar-refractivity contribution in [3.63, 3.8) is 0 Å². The Bertz CT molecular complexity index is 1260. The zero-order valence-corrected chi connectivity index (χ0v) is 16.1. The Kier molecular flexibility index (Phi) is 5.24. The molecule has 0 aliphatic carbocycles. The number of amides is 1. The van der Waals surface area contributed by atoms with Crippen LogP contribution in [0.25, 0.3) is 28.4 Å². The highest BCUT2D eigenvalue weighted by atomic mass is 19.4. The van der Waals surface area contributed by atoms with Gasteiger partial charge in [0, 0.05) is 35.5 Å². The second-order valence-electron chi connectivity index (χ2n) is 6.70. The molecule has 1 aromatic carbocycles. The van der Waals surface area contributed by atoms with Crippen LogP contribution in [0, 0.1) is 0 Å². The number of hydrogen-bond donors (Lipinski definition) is 2. The van der Waals surface area contributed by atoms with Crippen molar-refractivity contribution in [3.05, 3.63) is 84.1 Å². The van der Waals surface area contributed by atoms with E-state index in [1.54, 1.807) is 6.20 Å². The molecule has 31 heavy (non-hydrogen) atoms. The third-order valence-corrected chi connectivity index (χ3v) is 4.73. The van der Waals surface area contributed by atoms with Gasteiger partial charge in [0.1, 0.15) is 17.7 Å². The minimum atomic E-state index is -4.61. The molecule has 0 spiro atoms. The number of alkyl halides is 3. The van der Waals surface area contributed by atoms with Crippen LogP contribution in [0.2, 0.25) is 0 Å². The molecule has 0 radical (unpaired) electrons. The number of rotatable bonds is 5. The highest BCUT2D eigenvalue weighted by Crippen LogP contribution is 2.32. The Labute approximate surface area is 174 Å². The van der Waals surface area contributed by atoms with Gasteiger partial charge in [-0.05, 0) is 17.7 Å². The van der Waals surface area contributed by atoms with Gasteiger partial charge >= 0.3 is 6.18 Å². The van der Waals surface area contributed by atoms with Crippen molar-refractivity contribution in [3.8, 4) is 11.3 Å². The molecule has 0 aliphatic heterocycles. The Hall–Kier alpha value is -4.01. The topological polar surface area (TPSA) is 83.6 Å². The first-order chi connectivity index (χ1) is 14.9. The van der Waals surface area contributed by atoms with Gasteiger partial charge in [-0.15, -0.1) is 0 Å². The lowest BCUT2D eigenvalue weighted by Gasteiger charge is -2.12. The number of nitrogens with zero attached hydrogens (tertiary/aromatic N) is 3. The van der Waals surface area contributed by atoms with Gasteiger partial charge in [-0.25, -0.2) is 9.97 Å². The second-order valence-corrected chi connectivity index (χ2v) is 6.70. The highest BCUT2D eigenvalue weighted by molar-refractivity contribution is 5.93. The first-order valence-corrected chi connectivity index (χ1v) is 9.22. The molecule has 1 amide bonds. The van der Waals surface area contributed by atoms with Crippen LogP contribution in [0.3, 0.4) is 0 Å². The number of carbonyl (C=O) groups excluding carboxylic acids is 1. The first kappa shape index (κ1) is 20.3. The molecule has 3 aromatic heterocycles. The standard InChI is InChI=1S/C22H16F3N5O/c1-2-14-11-27-18(9-17(14)22(23,24)25)21(31)28-10-13-3-5-15(6-4-13)19-16-7-8-26-20(16)30-12-29-19/h2-9,11-12H,1,10H2,(H,28,31)(H,26,29,30). The smallest absolute Gasteiger partial charge is 0.347 e. The van der Waals surface area contributed by atoms with Gasteiger partial charge in [-0.3, -0.25) is 9.78 Å². The van der Waals surface area contributed by atoms with Crippen molar-refractivity contribution in [1.29, 1.82) is 0 Å². The molecule has 0 aliphatic rings. The Morgan fingerprint density at radius 3 is 2.61 bits per heavy atom. The first-order valence-electron chi connectivity index (χ1n) is 9.22. The van der Waals surface area contributed by atoms with Crippen molar-refractivity contribution in [2.24, 2.45) is 0 Å². The van der Waals surface area contributed by atoms with Crippen molar-refractivity contribution >= 4 is 23.0 Å². The van der Waals surface area contributed by atoms with Crippen molar-refractivity contribution in [2.45, 2.75) is 12.7 Å². The summed E-state index contributed by atoms with van der Waals surface area (Å²) in [5, 5.41) is 3.48. The molecule has 0 fully saturated rings. The van der Waals surface area contributed by atoms with E-state index in [0.717, 1.165) is 46.2 Å². The van der Waals surface area contributed by atoms with E-state index in [4.69, 9.17) is 0 Å². The van der Waals surface area contributed by atoms with Crippen LogP contribution in [0.15, 0.2) is 61.7 Å². The average molecular weight is 423 g/mol. The van der Waals surface area contributed by atoms with E-state index in [1.807, 2.05) is 30.3 Å². The van der Waals surface area contributed by atoms with Crippen molar-refractivity contribution in [2.75, 3.05) is 0 Å². The Balaban J connectivity index is 1.48. The summed E-state index contributed by atoms with van der Waals surface area (Å²) in [5.74, 6) is -0.699. The molecule has 4 aromatic rings. The molecule has 4 rings (SSSR count). The molecule has 2 N–H and O–H groups in total. The number of benzene rings is 1. The number of nitrogens with one attached hydrogen (secondary N) is 2. The number of aromatic amines is 1. The maximum Gasteiger partial charge on any atom is 0.417 e. The fraction of sp³-hybridized carbons (Fsp3) is 0.0909. The molecule has 156 valence electrons. The van der Waals surface area contributed by atoms with Crippen LogP contribution in [0.1, 0.15) is 27.2 Å². The van der Waals surface area contributed by atoms with Crippen LogP contribution < -0.4 is 5.32 Å². The molecular formula is C22H16F3N5O. The number of H-pyrrole nitrogens is 1. The summed E-state index contributed by atoms with van der Waals surface area (Å²) in [6.45, 7) is 3.48. The van der Waals surface area contributed by atoms with E-state index >= 15 is 0 Å². The Morgan fingerprint density at radius 1 is 1.13 bits per heavy atom. The third kappa shape index (κ3) is 4.16. The van der Waals surface area contributed by atoms with Gasteiger partial charge in [-0.2, -0.15) is 13.2 Å². The van der Waals surface area contributed by atoms with Crippen LogP contribution in [0.5, 0.6) is 0 Å². The number of carbonyl (C=O) groups is 1. The van der Waals surface area contributed by atoms with E-state index in [9.17, 15) is 18.0 Å². The minimum absolute atomic E-state index is 0.134. The van der Waals surface area contributed by atoms with E-state index in [-0.39, 0.29) is 17.8 Å². The van der Waals surface area contributed by atoms with Crippen molar-refractivity contribution in [1.82, 2.24) is 25.3 Å². The predicted molar refractivity (Wildman–Crippen MR) is 110 cm³/mol. The molecular weight excluding hydrogens is 407 g/mol. The fourth-order valence-electron chi connectivity index (χ4n) is 3.15. The molecule has 0 unspecified atom stereocenters. The molecule has 0 saturated heterocycles. The SMILES string of the molecule is C=Cc1cnc(C(=O)NCc2ccc(-c3ncnc4[nH]ccc34)cc2)cc1C(F)(F)F. The molecule has 9 heteroatoms. The summed E-state index contributed by atoms with van der Waals surface area (Å²) in [7, 11) is 0. The largest absolute Gasteiger partial charge is 0.417 e. The van der Waals surface area contributed by atoms with Crippen LogP contribution in [-0.2, 0) is 12.7 Å². The summed E-state index contributed by atoms with van der Waals surface area (Å²) in [4.78, 5) is 27.6. The number of pyridine rings is 1. The molecule has 3 heterocycles. The summed E-state index contributed by atoms with van der Waals surface area (Å²) in [5.41, 5.74) is 1.70. The fourth-order valence-corrected chi connectivity index (χ4v) is 3.15. The molecule has 0 saturated carbocycles. The maximum absolute atomic E-state index is 13.2.